The topological polar surface area (TPSA) is 114 Å². The van der Waals surface area contributed by atoms with E-state index in [9.17, 15) is 19.0 Å². The van der Waals surface area contributed by atoms with E-state index < -0.39 is 20.0 Å². The number of nitrogens with zero attached hydrogens (tertiary/aromatic N) is 1. The second-order valence-corrected chi connectivity index (χ2v) is 28.6. The second-order valence-electron chi connectivity index (χ2n) is 27.2. The van der Waals surface area contributed by atoms with Crippen LogP contribution in [0.25, 0.3) is 0 Å². The van der Waals surface area contributed by atoms with Gasteiger partial charge in [0.1, 0.15) is 19.3 Å². The largest absolute Gasteiger partial charge is 0.756 e. The summed E-state index contributed by atoms with van der Waals surface area (Å²) < 4.78 is 30.5. The van der Waals surface area contributed by atoms with E-state index >= 15 is 0 Å². The van der Waals surface area contributed by atoms with Crippen LogP contribution in [0.5, 0.6) is 0 Å². The Labute approximate surface area is 536 Å². The normalized spacial score (nSPS) is 13.6. The molecule has 0 fully saturated rings. The average molecular weight is 1230 g/mol. The van der Waals surface area contributed by atoms with Crippen LogP contribution >= 0.6 is 7.82 Å². The van der Waals surface area contributed by atoms with Gasteiger partial charge in [-0.15, -0.1) is 0 Å². The molecule has 10 heteroatoms. The van der Waals surface area contributed by atoms with Gasteiger partial charge in [0, 0.05) is 12.8 Å². The van der Waals surface area contributed by atoms with Crippen LogP contribution in [0.15, 0.2) is 36.5 Å². The van der Waals surface area contributed by atoms with Gasteiger partial charge in [-0.25, -0.2) is 0 Å². The van der Waals surface area contributed by atoms with Crippen molar-refractivity contribution < 1.29 is 37.3 Å². The molecule has 3 atom stereocenters. The Hall–Kier alpha value is -1.77. The molecule has 1 amide bonds. The highest BCUT2D eigenvalue weighted by molar-refractivity contribution is 7.45. The van der Waals surface area contributed by atoms with E-state index in [2.05, 4.69) is 50.4 Å². The molecular formula is C76H147N2O7P. The van der Waals surface area contributed by atoms with Crippen molar-refractivity contribution in [3.8, 4) is 0 Å². The fraction of sp³-hybridized carbons (Fsp3) is 0.895. The number of hydrogen-bond acceptors (Lipinski definition) is 7. The van der Waals surface area contributed by atoms with Crippen LogP contribution in [-0.2, 0) is 27.9 Å². The first kappa shape index (κ1) is 84.2. The lowest BCUT2D eigenvalue weighted by Crippen LogP contribution is -2.47. The van der Waals surface area contributed by atoms with Crippen LogP contribution in [0.1, 0.15) is 387 Å². The number of rotatable bonds is 70. The summed E-state index contributed by atoms with van der Waals surface area (Å²) in [5.41, 5.74) is 0. The fourth-order valence-corrected chi connectivity index (χ4v) is 12.2. The number of phosphoric acid groups is 1. The predicted molar refractivity (Wildman–Crippen MR) is 372 cm³/mol. The number of amides is 1. The smallest absolute Gasteiger partial charge is 0.306 e. The van der Waals surface area contributed by atoms with E-state index in [1.807, 2.05) is 33.3 Å². The van der Waals surface area contributed by atoms with Gasteiger partial charge < -0.3 is 28.5 Å². The third-order valence-corrected chi connectivity index (χ3v) is 18.3. The molecule has 508 valence electrons. The molecule has 0 saturated heterocycles. The zero-order valence-corrected chi connectivity index (χ0v) is 59.2. The van der Waals surface area contributed by atoms with Crippen molar-refractivity contribution in [1.82, 2.24) is 5.32 Å². The van der Waals surface area contributed by atoms with Crippen LogP contribution in [0.3, 0.4) is 0 Å². The van der Waals surface area contributed by atoms with Gasteiger partial charge in [0.15, 0.2) is 0 Å². The van der Waals surface area contributed by atoms with Gasteiger partial charge >= 0.3 is 5.97 Å². The Morgan fingerprint density at radius 2 is 0.709 bits per heavy atom. The number of quaternary nitrogens is 1. The minimum atomic E-state index is -4.70. The molecule has 0 saturated carbocycles. The predicted octanol–water partition coefficient (Wildman–Crippen LogP) is 23.6. The molecule has 0 aromatic carbocycles. The molecule has 0 aliphatic rings. The summed E-state index contributed by atoms with van der Waals surface area (Å²) in [5.74, 6) is -0.521. The number of phosphoric ester groups is 1. The maximum atomic E-state index is 13.6. The third-order valence-electron chi connectivity index (χ3n) is 17.3. The number of likely N-dealkylation sites (N-methyl/N-ethyl adjacent to an activating group) is 1. The Balaban J connectivity index is 4.94. The van der Waals surface area contributed by atoms with Crippen molar-refractivity contribution in [3.63, 3.8) is 0 Å². The van der Waals surface area contributed by atoms with Crippen LogP contribution < -0.4 is 10.2 Å². The molecule has 1 N–H and O–H groups in total. The van der Waals surface area contributed by atoms with E-state index in [1.165, 1.54) is 289 Å². The Kier molecular flexibility index (Phi) is 64.8. The Morgan fingerprint density at radius 3 is 1.07 bits per heavy atom. The van der Waals surface area contributed by atoms with Crippen molar-refractivity contribution >= 4 is 19.7 Å². The van der Waals surface area contributed by atoms with Gasteiger partial charge in [-0.2, -0.15) is 0 Å². The Bertz CT molecular complexity index is 1560. The Morgan fingerprint density at radius 1 is 0.407 bits per heavy atom. The minimum Gasteiger partial charge on any atom is -0.756 e. The summed E-state index contributed by atoms with van der Waals surface area (Å²) in [6.07, 6.45) is 82.8. The number of nitrogens with one attached hydrogen (secondary N) is 1. The first-order chi connectivity index (χ1) is 41.9. The highest BCUT2D eigenvalue weighted by atomic mass is 31.2. The molecule has 0 bridgehead atoms. The van der Waals surface area contributed by atoms with Gasteiger partial charge in [-0.3, -0.25) is 14.2 Å². The lowest BCUT2D eigenvalue weighted by Gasteiger charge is -2.30. The number of ether oxygens (including phenoxy) is 1. The van der Waals surface area contributed by atoms with E-state index in [0.29, 0.717) is 17.4 Å². The van der Waals surface area contributed by atoms with Gasteiger partial charge in [0.25, 0.3) is 7.82 Å². The number of allylic oxidation sites excluding steroid dienone is 5. The average Bonchev–Trinajstić information content (AvgIpc) is 3.69. The molecule has 0 aromatic heterocycles. The SMILES string of the molecule is CCCCC/C=C\C/C=C\CCCCCCCCCCCCCC(=O)OC(/C=C/CCCCCCCCCCCC)C(COP(=O)([O-])OCC[N+](C)(C)C)NC(=O)CCCCCCCCCCCCCCCCCCCCCCCCCCCCC. The van der Waals surface area contributed by atoms with E-state index in [4.69, 9.17) is 13.8 Å². The minimum absolute atomic E-state index is 0.0195. The van der Waals surface area contributed by atoms with Gasteiger partial charge in [0.2, 0.25) is 5.91 Å². The lowest BCUT2D eigenvalue weighted by molar-refractivity contribution is -0.870. The molecule has 3 unspecified atom stereocenters. The van der Waals surface area contributed by atoms with E-state index in [1.54, 1.807) is 0 Å². The standard InChI is InChI=1S/C76H147N2O7P/c1-7-10-13-16-19-22-25-28-30-32-34-36-37-38-39-40-41-43-44-46-48-50-53-56-59-62-65-68-75(79)77-73(72-84-86(81,82)83-71-70-78(4,5)6)74(67-64-61-58-55-52-27-24-21-18-15-12-9-3)85-76(80)69-66-63-60-57-54-51-49-47-45-42-35-33-31-29-26-23-20-17-14-11-8-2/h20,23,29,31,64,67,73-74H,7-19,21-22,24-28,30,32-63,65-66,68-72H2,1-6H3,(H-,77,79,81,82)/b23-20-,31-29-,67-64+. The zero-order chi connectivity index (χ0) is 62.8. The van der Waals surface area contributed by atoms with Gasteiger partial charge in [-0.1, -0.05) is 347 Å². The highest BCUT2D eigenvalue weighted by Crippen LogP contribution is 2.38. The number of carbonyl (C=O) groups is 2. The molecule has 86 heavy (non-hydrogen) atoms. The first-order valence-corrected chi connectivity index (χ1v) is 39.3. The van der Waals surface area contributed by atoms with Crippen molar-refractivity contribution in [2.45, 2.75) is 399 Å². The summed E-state index contributed by atoms with van der Waals surface area (Å²) >= 11 is 0. The summed E-state index contributed by atoms with van der Waals surface area (Å²) in [5, 5.41) is 3.05. The van der Waals surface area contributed by atoms with Crippen LogP contribution in [0.2, 0.25) is 0 Å². The van der Waals surface area contributed by atoms with Crippen LogP contribution in [0, 0.1) is 0 Å². The number of carbonyl (C=O) groups excluding carboxylic acids is 2. The fourth-order valence-electron chi connectivity index (χ4n) is 11.5. The molecule has 0 spiro atoms. The summed E-state index contributed by atoms with van der Waals surface area (Å²) in [4.78, 5) is 40.2. The number of esters is 1. The van der Waals surface area contributed by atoms with Gasteiger partial charge in [0.05, 0.1) is 33.8 Å². The molecule has 0 radical (unpaired) electrons. The maximum Gasteiger partial charge on any atom is 0.306 e. The summed E-state index contributed by atoms with van der Waals surface area (Å²) in [6, 6.07) is -0.886. The highest BCUT2D eigenvalue weighted by Gasteiger charge is 2.27. The molecular weight excluding hydrogens is 1080 g/mol. The molecule has 0 aliphatic carbocycles. The van der Waals surface area contributed by atoms with E-state index in [-0.39, 0.29) is 31.5 Å². The monoisotopic (exact) mass is 1230 g/mol. The van der Waals surface area contributed by atoms with Crippen molar-refractivity contribution in [2.24, 2.45) is 0 Å². The zero-order valence-electron chi connectivity index (χ0n) is 58.3. The molecule has 0 aliphatic heterocycles. The molecule has 0 rings (SSSR count). The second kappa shape index (κ2) is 66.2. The van der Waals surface area contributed by atoms with Crippen molar-refractivity contribution in [3.05, 3.63) is 36.5 Å². The van der Waals surface area contributed by atoms with Gasteiger partial charge in [-0.05, 0) is 63.9 Å². The third kappa shape index (κ3) is 66.6. The number of hydrogen-bond donors (Lipinski definition) is 1. The number of unbranched alkanes of at least 4 members (excludes halogenated alkanes) is 50. The quantitative estimate of drug-likeness (QED) is 0.0212. The van der Waals surface area contributed by atoms with E-state index in [0.717, 1.165) is 64.2 Å². The summed E-state index contributed by atoms with van der Waals surface area (Å²) in [7, 11) is 1.20. The maximum absolute atomic E-state index is 13.6. The van der Waals surface area contributed by atoms with Crippen LogP contribution in [0.4, 0.5) is 0 Å². The lowest BCUT2D eigenvalue weighted by atomic mass is 10.0. The van der Waals surface area contributed by atoms with Crippen molar-refractivity contribution in [2.75, 3.05) is 40.9 Å². The molecule has 0 heterocycles. The molecule has 9 nitrogen and oxygen atoms in total. The first-order valence-electron chi connectivity index (χ1n) is 37.8. The summed E-state index contributed by atoms with van der Waals surface area (Å²) in [6.45, 7) is 6.89. The van der Waals surface area contributed by atoms with Crippen LogP contribution in [-0.4, -0.2) is 69.4 Å². The molecule has 0 aromatic rings. The van der Waals surface area contributed by atoms with Crippen molar-refractivity contribution in [1.29, 1.82) is 0 Å².